The van der Waals surface area contributed by atoms with Crippen molar-refractivity contribution in [2.75, 3.05) is 0 Å². The third-order valence-corrected chi connectivity index (χ3v) is 5.27. The Morgan fingerprint density at radius 3 is 2.74 bits per heavy atom. The molecule has 1 aliphatic heterocycles. The number of hydrogen-bond acceptors (Lipinski definition) is 7. The molecule has 7 nitrogen and oxygen atoms in total. The molecular formula is C17H10BrN3O4S2. The zero-order valence-electron chi connectivity index (χ0n) is 13.4. The lowest BCUT2D eigenvalue weighted by Crippen LogP contribution is -2.22. The summed E-state index contributed by atoms with van der Waals surface area (Å²) < 4.78 is 0.930. The maximum atomic E-state index is 12.6. The number of para-hydroxylation sites is 1. The fourth-order valence-electron chi connectivity index (χ4n) is 2.22. The van der Waals surface area contributed by atoms with Gasteiger partial charge in [-0.25, -0.2) is 0 Å². The van der Waals surface area contributed by atoms with Crippen molar-refractivity contribution in [1.29, 1.82) is 0 Å². The van der Waals surface area contributed by atoms with Crippen LogP contribution in [0.3, 0.4) is 0 Å². The third kappa shape index (κ3) is 4.24. The van der Waals surface area contributed by atoms with E-state index in [-0.39, 0.29) is 20.7 Å². The maximum absolute atomic E-state index is 12.6. The van der Waals surface area contributed by atoms with Gasteiger partial charge in [0, 0.05) is 16.1 Å². The number of thiocarbonyl (C=S) groups is 1. The molecule has 27 heavy (non-hydrogen) atoms. The van der Waals surface area contributed by atoms with Crippen LogP contribution in [0.4, 0.5) is 5.69 Å². The van der Waals surface area contributed by atoms with Crippen LogP contribution in [0, 0.1) is 10.1 Å². The van der Waals surface area contributed by atoms with E-state index in [2.05, 4.69) is 21.0 Å². The van der Waals surface area contributed by atoms with Gasteiger partial charge in [0.2, 0.25) is 0 Å². The summed E-state index contributed by atoms with van der Waals surface area (Å²) in [5, 5.41) is 26.0. The van der Waals surface area contributed by atoms with Gasteiger partial charge in [-0.05, 0) is 42.6 Å². The van der Waals surface area contributed by atoms with Crippen molar-refractivity contribution < 1.29 is 14.8 Å². The van der Waals surface area contributed by atoms with Crippen molar-refractivity contribution in [1.82, 2.24) is 5.01 Å². The van der Waals surface area contributed by atoms with Crippen molar-refractivity contribution in [3.8, 4) is 5.75 Å². The number of amides is 1. The molecule has 0 spiro atoms. The molecule has 136 valence electrons. The normalized spacial score (nSPS) is 15.9. The molecule has 1 aliphatic rings. The zero-order chi connectivity index (χ0) is 19.6. The number of phenolic OH excluding ortho intramolecular Hbond substituents is 1. The Balaban J connectivity index is 1.89. The average molecular weight is 464 g/mol. The summed E-state index contributed by atoms with van der Waals surface area (Å²) in [6.07, 6.45) is 2.74. The van der Waals surface area contributed by atoms with Crippen LogP contribution in [0.25, 0.3) is 6.08 Å². The molecule has 1 amide bonds. The Kier molecular flexibility index (Phi) is 5.68. The number of hydrogen-bond donors (Lipinski definition) is 1. The van der Waals surface area contributed by atoms with Crippen LogP contribution in [0.15, 0.2) is 56.9 Å². The van der Waals surface area contributed by atoms with Crippen LogP contribution in [-0.2, 0) is 4.79 Å². The molecule has 0 aliphatic carbocycles. The number of phenols is 1. The first kappa shape index (κ1) is 19.2. The second-order valence-electron chi connectivity index (χ2n) is 5.26. The van der Waals surface area contributed by atoms with Gasteiger partial charge in [-0.3, -0.25) is 14.9 Å². The average Bonchev–Trinajstić information content (AvgIpc) is 2.89. The summed E-state index contributed by atoms with van der Waals surface area (Å²) >= 11 is 9.47. The quantitative estimate of drug-likeness (QED) is 0.238. The molecule has 1 N–H and O–H groups in total. The molecule has 0 unspecified atom stereocenters. The molecule has 0 radical (unpaired) electrons. The minimum Gasteiger partial charge on any atom is -0.507 e. The van der Waals surface area contributed by atoms with Crippen LogP contribution in [-0.4, -0.2) is 31.5 Å². The zero-order valence-corrected chi connectivity index (χ0v) is 16.6. The Morgan fingerprint density at radius 2 is 2.00 bits per heavy atom. The first-order valence-electron chi connectivity index (χ1n) is 7.40. The second kappa shape index (κ2) is 7.99. The van der Waals surface area contributed by atoms with Crippen molar-refractivity contribution in [2.24, 2.45) is 5.10 Å². The lowest BCUT2D eigenvalue weighted by Gasteiger charge is -2.06. The summed E-state index contributed by atoms with van der Waals surface area (Å²) in [6, 6.07) is 10.9. The van der Waals surface area contributed by atoms with E-state index in [0.717, 1.165) is 21.2 Å². The van der Waals surface area contributed by atoms with Gasteiger partial charge < -0.3 is 5.11 Å². The number of nitro groups is 1. The monoisotopic (exact) mass is 463 g/mol. The molecule has 1 heterocycles. The number of carbonyl (C=O) groups excluding carboxylic acids is 1. The number of rotatable bonds is 4. The highest BCUT2D eigenvalue weighted by atomic mass is 79.9. The minimum absolute atomic E-state index is 0.00263. The Labute approximate surface area is 171 Å². The molecule has 1 saturated heterocycles. The van der Waals surface area contributed by atoms with Gasteiger partial charge in [-0.2, -0.15) is 10.1 Å². The van der Waals surface area contributed by atoms with E-state index in [9.17, 15) is 20.0 Å². The number of benzene rings is 2. The molecule has 2 aromatic rings. The number of hydrazone groups is 1. The fraction of sp³-hybridized carbons (Fsp3) is 0. The van der Waals surface area contributed by atoms with Crippen molar-refractivity contribution in [3.05, 3.63) is 73.1 Å². The molecule has 0 saturated carbocycles. The van der Waals surface area contributed by atoms with E-state index >= 15 is 0 Å². The first-order chi connectivity index (χ1) is 12.9. The molecule has 0 atom stereocenters. The number of thioether (sulfide) groups is 1. The van der Waals surface area contributed by atoms with E-state index < -0.39 is 10.8 Å². The molecule has 1 fully saturated rings. The van der Waals surface area contributed by atoms with E-state index in [1.165, 1.54) is 24.4 Å². The standard InChI is InChI=1S/C17H10BrN3O4S2/c18-12-5-6-14(22)11(7-12)9-19-20-16(23)15(27-17(20)26)8-10-3-1-2-4-13(10)21(24)25/h1-9,22H/b15-8?,19-9+. The molecule has 2 aromatic carbocycles. The van der Waals surface area contributed by atoms with Crippen LogP contribution in [0.1, 0.15) is 11.1 Å². The largest absolute Gasteiger partial charge is 0.507 e. The lowest BCUT2D eigenvalue weighted by atomic mass is 10.1. The first-order valence-corrected chi connectivity index (χ1v) is 9.42. The topological polar surface area (TPSA) is 96.0 Å². The minimum atomic E-state index is -0.513. The van der Waals surface area contributed by atoms with Gasteiger partial charge in [0.1, 0.15) is 5.75 Å². The van der Waals surface area contributed by atoms with Crippen LogP contribution in [0.5, 0.6) is 5.75 Å². The van der Waals surface area contributed by atoms with Crippen molar-refractivity contribution >= 4 is 68.1 Å². The number of halogens is 1. The predicted molar refractivity (Wildman–Crippen MR) is 112 cm³/mol. The Bertz CT molecular complexity index is 1020. The maximum Gasteiger partial charge on any atom is 0.286 e. The number of nitrogens with zero attached hydrogens (tertiary/aromatic N) is 3. The highest BCUT2D eigenvalue weighted by Crippen LogP contribution is 2.34. The molecule has 10 heteroatoms. The smallest absolute Gasteiger partial charge is 0.286 e. The van der Waals surface area contributed by atoms with Crippen LogP contribution in [0.2, 0.25) is 0 Å². The van der Waals surface area contributed by atoms with Gasteiger partial charge in [0.25, 0.3) is 11.6 Å². The van der Waals surface area contributed by atoms with Crippen LogP contribution >= 0.6 is 39.9 Å². The summed E-state index contributed by atoms with van der Waals surface area (Å²) in [7, 11) is 0. The van der Waals surface area contributed by atoms with Gasteiger partial charge in [-0.1, -0.05) is 39.8 Å². The van der Waals surface area contributed by atoms with Gasteiger partial charge in [0.05, 0.1) is 21.6 Å². The van der Waals surface area contributed by atoms with Crippen molar-refractivity contribution in [3.63, 3.8) is 0 Å². The Morgan fingerprint density at radius 1 is 1.26 bits per heavy atom. The highest BCUT2D eigenvalue weighted by molar-refractivity contribution is 9.10. The second-order valence-corrected chi connectivity index (χ2v) is 7.85. The molecule has 0 aromatic heterocycles. The SMILES string of the molecule is O=C1C(=Cc2ccccc2[N+](=O)[O-])SC(=S)N1/N=C/c1cc(Br)ccc1O. The van der Waals surface area contributed by atoms with Gasteiger partial charge >= 0.3 is 0 Å². The Hall–Kier alpha value is -2.56. The molecule has 3 rings (SSSR count). The number of aromatic hydroxyl groups is 1. The van der Waals surface area contributed by atoms with E-state index in [0.29, 0.717) is 11.1 Å². The lowest BCUT2D eigenvalue weighted by molar-refractivity contribution is -0.385. The number of carbonyl (C=O) groups is 1. The van der Waals surface area contributed by atoms with Gasteiger partial charge in [-0.15, -0.1) is 0 Å². The predicted octanol–water partition coefficient (Wildman–Crippen LogP) is 4.30. The van der Waals surface area contributed by atoms with E-state index in [1.807, 2.05) is 0 Å². The van der Waals surface area contributed by atoms with Crippen LogP contribution < -0.4 is 0 Å². The van der Waals surface area contributed by atoms with Gasteiger partial charge in [0.15, 0.2) is 4.32 Å². The van der Waals surface area contributed by atoms with E-state index in [4.69, 9.17) is 12.2 Å². The summed E-state index contributed by atoms with van der Waals surface area (Å²) in [5.74, 6) is -0.489. The fourth-order valence-corrected chi connectivity index (χ4v) is 3.77. The van der Waals surface area contributed by atoms with Crippen molar-refractivity contribution in [2.45, 2.75) is 0 Å². The highest BCUT2D eigenvalue weighted by Gasteiger charge is 2.32. The third-order valence-electron chi connectivity index (χ3n) is 3.50. The molecular weight excluding hydrogens is 454 g/mol. The summed E-state index contributed by atoms with van der Waals surface area (Å²) in [4.78, 5) is 23.4. The molecule has 0 bridgehead atoms. The summed E-state index contributed by atoms with van der Waals surface area (Å²) in [6.45, 7) is 0. The number of nitro benzene ring substituents is 1. The van der Waals surface area contributed by atoms with E-state index in [1.54, 1.807) is 30.3 Å². The summed E-state index contributed by atoms with van der Waals surface area (Å²) in [5.41, 5.74) is 0.600.